The Balaban J connectivity index is 1.70. The van der Waals surface area contributed by atoms with Crippen LogP contribution in [0.3, 0.4) is 0 Å². The molecule has 2 amide bonds. The fourth-order valence-electron chi connectivity index (χ4n) is 3.12. The van der Waals surface area contributed by atoms with Crippen molar-refractivity contribution in [2.24, 2.45) is 5.92 Å². The molecule has 2 heterocycles. The molecule has 0 spiro atoms. The van der Waals surface area contributed by atoms with E-state index < -0.39 is 15.9 Å². The van der Waals surface area contributed by atoms with Gasteiger partial charge in [0, 0.05) is 43.8 Å². The molecule has 1 aliphatic rings. The summed E-state index contributed by atoms with van der Waals surface area (Å²) in [6.45, 7) is 1.89. The Morgan fingerprint density at radius 3 is 2.32 bits per heavy atom. The summed E-state index contributed by atoms with van der Waals surface area (Å²) in [6, 6.07) is 9.39. The summed E-state index contributed by atoms with van der Waals surface area (Å²) in [6.07, 6.45) is 4.40. The molecule has 3 rings (SSSR count). The Bertz CT molecular complexity index is 946. The van der Waals surface area contributed by atoms with E-state index in [1.807, 2.05) is 0 Å². The minimum Gasteiger partial charge on any atom is -0.326 e. The zero-order valence-electron chi connectivity index (χ0n) is 15.5. The number of rotatable bonds is 5. The van der Waals surface area contributed by atoms with Gasteiger partial charge in [0.2, 0.25) is 21.8 Å². The first-order valence-corrected chi connectivity index (χ1v) is 10.4. The largest absolute Gasteiger partial charge is 0.326 e. The van der Waals surface area contributed by atoms with Gasteiger partial charge in [0.1, 0.15) is 0 Å². The van der Waals surface area contributed by atoms with E-state index in [0.717, 1.165) is 0 Å². The van der Waals surface area contributed by atoms with Gasteiger partial charge in [-0.15, -0.1) is 0 Å². The SMILES string of the molecule is CC(=O)Nc1ccc(S(=O)(=O)N2CCC[C@@H](C(=O)Nc3ccncc3)C2)cc1. The average Bonchev–Trinajstić information content (AvgIpc) is 2.69. The zero-order chi connectivity index (χ0) is 20.1. The van der Waals surface area contributed by atoms with Crippen molar-refractivity contribution >= 4 is 33.2 Å². The lowest BCUT2D eigenvalue weighted by Crippen LogP contribution is -2.43. The van der Waals surface area contributed by atoms with Crippen LogP contribution in [0.5, 0.6) is 0 Å². The number of aromatic nitrogens is 1. The maximum atomic E-state index is 12.9. The number of sulfonamides is 1. The summed E-state index contributed by atoms with van der Waals surface area (Å²) in [5, 5.41) is 5.41. The van der Waals surface area contributed by atoms with Gasteiger partial charge in [0.15, 0.2) is 0 Å². The first-order chi connectivity index (χ1) is 13.4. The van der Waals surface area contributed by atoms with Gasteiger partial charge in [-0.1, -0.05) is 0 Å². The van der Waals surface area contributed by atoms with Gasteiger partial charge in [0.05, 0.1) is 10.8 Å². The second-order valence-electron chi connectivity index (χ2n) is 6.63. The minimum atomic E-state index is -3.72. The molecule has 0 unspecified atom stereocenters. The van der Waals surface area contributed by atoms with Gasteiger partial charge in [-0.25, -0.2) is 8.42 Å². The molecule has 0 bridgehead atoms. The normalized spacial score (nSPS) is 17.7. The summed E-state index contributed by atoms with van der Waals surface area (Å²) in [5.41, 5.74) is 1.16. The van der Waals surface area contributed by atoms with Crippen LogP contribution in [-0.2, 0) is 19.6 Å². The van der Waals surface area contributed by atoms with Crippen LogP contribution in [0.15, 0.2) is 53.7 Å². The molecule has 2 N–H and O–H groups in total. The van der Waals surface area contributed by atoms with E-state index in [1.54, 1.807) is 36.7 Å². The number of benzene rings is 1. The number of nitrogens with zero attached hydrogens (tertiary/aromatic N) is 2. The molecule has 0 saturated carbocycles. The van der Waals surface area contributed by atoms with Crippen LogP contribution in [0.1, 0.15) is 19.8 Å². The highest BCUT2D eigenvalue weighted by Crippen LogP contribution is 2.25. The first kappa shape index (κ1) is 20.0. The standard InChI is InChI=1S/C19H22N4O4S/c1-14(24)21-16-4-6-18(7-5-16)28(26,27)23-12-2-3-15(13-23)19(25)22-17-8-10-20-11-9-17/h4-11,15H,2-3,12-13H2,1H3,(H,21,24)(H,20,22,25)/t15-/m1/s1. The zero-order valence-corrected chi connectivity index (χ0v) is 16.3. The third kappa shape index (κ3) is 4.73. The lowest BCUT2D eigenvalue weighted by atomic mass is 9.99. The molecule has 1 fully saturated rings. The quantitative estimate of drug-likeness (QED) is 0.796. The number of amides is 2. The van der Waals surface area contributed by atoms with Crippen molar-refractivity contribution in [1.29, 1.82) is 0 Å². The lowest BCUT2D eigenvalue weighted by molar-refractivity contribution is -0.121. The molecule has 1 saturated heterocycles. The van der Waals surface area contributed by atoms with Gasteiger partial charge in [-0.2, -0.15) is 4.31 Å². The molecule has 148 valence electrons. The number of hydrogen-bond acceptors (Lipinski definition) is 5. The first-order valence-electron chi connectivity index (χ1n) is 8.95. The summed E-state index contributed by atoms with van der Waals surface area (Å²) in [5.74, 6) is -0.850. The van der Waals surface area contributed by atoms with Crippen molar-refractivity contribution in [3.8, 4) is 0 Å². The van der Waals surface area contributed by atoms with Crippen LogP contribution < -0.4 is 10.6 Å². The average molecular weight is 402 g/mol. The van der Waals surface area contributed by atoms with Crippen LogP contribution in [0, 0.1) is 5.92 Å². The van der Waals surface area contributed by atoms with E-state index in [4.69, 9.17) is 0 Å². The molecular weight excluding hydrogens is 380 g/mol. The Hall–Kier alpha value is -2.78. The molecule has 0 aliphatic carbocycles. The highest BCUT2D eigenvalue weighted by Gasteiger charge is 2.33. The molecule has 2 aromatic rings. The predicted octanol–water partition coefficient (Wildman–Crippen LogP) is 2.08. The van der Waals surface area contributed by atoms with Crippen LogP contribution in [0.25, 0.3) is 0 Å². The smallest absolute Gasteiger partial charge is 0.243 e. The van der Waals surface area contributed by atoms with E-state index in [9.17, 15) is 18.0 Å². The highest BCUT2D eigenvalue weighted by molar-refractivity contribution is 7.89. The molecule has 1 aromatic heterocycles. The number of carbonyl (C=O) groups is 2. The van der Waals surface area contributed by atoms with Crippen LogP contribution >= 0.6 is 0 Å². The van der Waals surface area contributed by atoms with Crippen molar-refractivity contribution in [3.63, 3.8) is 0 Å². The van der Waals surface area contributed by atoms with E-state index in [1.165, 1.54) is 23.4 Å². The second kappa shape index (κ2) is 8.49. The van der Waals surface area contributed by atoms with Gasteiger partial charge >= 0.3 is 0 Å². The molecule has 0 radical (unpaired) electrons. The number of hydrogen-bond donors (Lipinski definition) is 2. The van der Waals surface area contributed by atoms with Crippen molar-refractivity contribution < 1.29 is 18.0 Å². The summed E-state index contributed by atoms with van der Waals surface area (Å²) in [4.78, 5) is 27.7. The molecular formula is C19H22N4O4S. The van der Waals surface area contributed by atoms with E-state index >= 15 is 0 Å². The van der Waals surface area contributed by atoms with Crippen molar-refractivity contribution in [2.45, 2.75) is 24.7 Å². The number of carbonyl (C=O) groups excluding carboxylic acids is 2. The summed E-state index contributed by atoms with van der Waals surface area (Å²) in [7, 11) is -3.72. The Kier molecular flexibility index (Phi) is 6.05. The fourth-order valence-corrected chi connectivity index (χ4v) is 4.64. The monoisotopic (exact) mass is 402 g/mol. The Labute approximate surface area is 164 Å². The van der Waals surface area contributed by atoms with Crippen LogP contribution in [0.4, 0.5) is 11.4 Å². The molecule has 8 nitrogen and oxygen atoms in total. The maximum absolute atomic E-state index is 12.9. The van der Waals surface area contributed by atoms with Crippen LogP contribution in [-0.4, -0.2) is 42.6 Å². The van der Waals surface area contributed by atoms with Gasteiger partial charge < -0.3 is 10.6 Å². The number of nitrogens with one attached hydrogen (secondary N) is 2. The topological polar surface area (TPSA) is 108 Å². The van der Waals surface area contributed by atoms with E-state index in [-0.39, 0.29) is 23.3 Å². The number of piperidine rings is 1. The Morgan fingerprint density at radius 2 is 1.68 bits per heavy atom. The molecule has 9 heteroatoms. The van der Waals surface area contributed by atoms with Gasteiger partial charge in [-0.3, -0.25) is 14.6 Å². The Morgan fingerprint density at radius 1 is 1.04 bits per heavy atom. The minimum absolute atomic E-state index is 0.132. The fraction of sp³-hybridized carbons (Fsp3) is 0.316. The molecule has 1 aromatic carbocycles. The van der Waals surface area contributed by atoms with Crippen molar-refractivity contribution in [2.75, 3.05) is 23.7 Å². The van der Waals surface area contributed by atoms with Crippen LogP contribution in [0.2, 0.25) is 0 Å². The van der Waals surface area contributed by atoms with E-state index in [0.29, 0.717) is 30.8 Å². The third-order valence-corrected chi connectivity index (χ3v) is 6.39. The van der Waals surface area contributed by atoms with Gasteiger partial charge in [-0.05, 0) is 49.2 Å². The summed E-state index contributed by atoms with van der Waals surface area (Å²) >= 11 is 0. The number of pyridine rings is 1. The van der Waals surface area contributed by atoms with Crippen molar-refractivity contribution in [3.05, 3.63) is 48.8 Å². The lowest BCUT2D eigenvalue weighted by Gasteiger charge is -2.31. The second-order valence-corrected chi connectivity index (χ2v) is 8.57. The molecule has 1 aliphatic heterocycles. The maximum Gasteiger partial charge on any atom is 0.243 e. The molecule has 28 heavy (non-hydrogen) atoms. The van der Waals surface area contributed by atoms with Crippen molar-refractivity contribution in [1.82, 2.24) is 9.29 Å². The predicted molar refractivity (Wildman–Crippen MR) is 105 cm³/mol. The van der Waals surface area contributed by atoms with Gasteiger partial charge in [0.25, 0.3) is 0 Å². The highest BCUT2D eigenvalue weighted by atomic mass is 32.2. The molecule has 1 atom stereocenters. The number of anilines is 2. The summed E-state index contributed by atoms with van der Waals surface area (Å²) < 4.78 is 27.2. The van der Waals surface area contributed by atoms with E-state index in [2.05, 4.69) is 15.6 Å². The third-order valence-electron chi connectivity index (χ3n) is 4.52.